The maximum absolute atomic E-state index is 14.2. The third-order valence-electron chi connectivity index (χ3n) is 6.91. The van der Waals surface area contributed by atoms with Gasteiger partial charge in [0.2, 0.25) is 5.91 Å². The molecule has 10 nitrogen and oxygen atoms in total. The first-order chi connectivity index (χ1) is 16.1. The SMILES string of the molecule is Cc1cccc(N2C(=O)NC(=O)[C@]3(Cc4cc([N+](=O)[O-])ccc4N4C[C@@H](C)O[C@@H](C)[C@@H]43)C2=O)c1. The van der Waals surface area contributed by atoms with Crippen molar-refractivity contribution in [3.05, 3.63) is 63.7 Å². The molecule has 0 bridgehead atoms. The topological polar surface area (TPSA) is 122 Å². The van der Waals surface area contributed by atoms with Gasteiger partial charge in [-0.25, -0.2) is 9.69 Å². The van der Waals surface area contributed by atoms with Crippen molar-refractivity contribution in [2.45, 2.75) is 45.4 Å². The fourth-order valence-electron chi connectivity index (χ4n) is 5.63. The lowest BCUT2D eigenvalue weighted by atomic mass is 9.66. The lowest BCUT2D eigenvalue weighted by Gasteiger charge is -2.56. The number of non-ortho nitro benzene ring substituents is 1. The van der Waals surface area contributed by atoms with Crippen molar-refractivity contribution in [2.24, 2.45) is 5.41 Å². The summed E-state index contributed by atoms with van der Waals surface area (Å²) >= 11 is 0. The summed E-state index contributed by atoms with van der Waals surface area (Å²) in [6, 6.07) is 9.87. The minimum Gasteiger partial charge on any atom is -0.372 e. The van der Waals surface area contributed by atoms with Crippen molar-refractivity contribution in [3.63, 3.8) is 0 Å². The van der Waals surface area contributed by atoms with Gasteiger partial charge in [-0.2, -0.15) is 0 Å². The molecule has 0 unspecified atom stereocenters. The molecule has 0 aromatic heterocycles. The number of carbonyl (C=O) groups excluding carboxylic acids is 3. The number of amides is 4. The number of morpholine rings is 1. The van der Waals surface area contributed by atoms with Crippen molar-refractivity contribution >= 4 is 34.9 Å². The summed E-state index contributed by atoms with van der Waals surface area (Å²) in [5.41, 5.74) is 0.593. The maximum Gasteiger partial charge on any atom is 0.335 e. The number of rotatable bonds is 2. The van der Waals surface area contributed by atoms with Crippen LogP contribution in [0.3, 0.4) is 0 Å². The predicted molar refractivity (Wildman–Crippen MR) is 123 cm³/mol. The number of urea groups is 1. The Morgan fingerprint density at radius 2 is 1.91 bits per heavy atom. The number of carbonyl (C=O) groups is 3. The molecular weight excluding hydrogens is 440 g/mol. The molecular formula is C24H24N4O6. The highest BCUT2D eigenvalue weighted by atomic mass is 16.6. The van der Waals surface area contributed by atoms with Crippen LogP contribution in [-0.2, 0) is 20.7 Å². The van der Waals surface area contributed by atoms with E-state index >= 15 is 0 Å². The van der Waals surface area contributed by atoms with E-state index in [1.165, 1.54) is 12.1 Å². The highest BCUT2D eigenvalue weighted by Gasteiger charge is 2.65. The van der Waals surface area contributed by atoms with Crippen molar-refractivity contribution in [1.82, 2.24) is 5.32 Å². The molecule has 0 aliphatic carbocycles. The molecule has 10 heteroatoms. The highest BCUT2D eigenvalue weighted by molar-refractivity contribution is 6.30. The highest BCUT2D eigenvalue weighted by Crippen LogP contribution is 2.48. The van der Waals surface area contributed by atoms with Crippen LogP contribution in [-0.4, -0.2) is 47.6 Å². The van der Waals surface area contributed by atoms with Gasteiger partial charge < -0.3 is 9.64 Å². The summed E-state index contributed by atoms with van der Waals surface area (Å²) in [6.07, 6.45) is -0.803. The molecule has 176 valence electrons. The van der Waals surface area contributed by atoms with E-state index in [1.807, 2.05) is 24.8 Å². The van der Waals surface area contributed by atoms with Gasteiger partial charge in [0.15, 0.2) is 5.41 Å². The van der Waals surface area contributed by atoms with Crippen LogP contribution in [0.25, 0.3) is 0 Å². The molecule has 2 saturated heterocycles. The van der Waals surface area contributed by atoms with Gasteiger partial charge in [0, 0.05) is 30.8 Å². The molecule has 2 aromatic carbocycles. The Kier molecular flexibility index (Phi) is 4.94. The number of nitrogens with one attached hydrogen (secondary N) is 1. The van der Waals surface area contributed by atoms with Crippen LogP contribution in [0.4, 0.5) is 21.9 Å². The van der Waals surface area contributed by atoms with Crippen molar-refractivity contribution < 1.29 is 24.0 Å². The zero-order valence-corrected chi connectivity index (χ0v) is 19.0. The zero-order valence-electron chi connectivity index (χ0n) is 19.0. The van der Waals surface area contributed by atoms with Gasteiger partial charge in [0.05, 0.1) is 28.9 Å². The molecule has 1 spiro atoms. The van der Waals surface area contributed by atoms with Gasteiger partial charge in [0.25, 0.3) is 11.6 Å². The number of nitro benzene ring substituents is 1. The number of imide groups is 2. The predicted octanol–water partition coefficient (Wildman–Crippen LogP) is 2.71. The van der Waals surface area contributed by atoms with Crippen LogP contribution in [0.5, 0.6) is 0 Å². The Morgan fingerprint density at radius 1 is 1.15 bits per heavy atom. The van der Waals surface area contributed by atoms with Crippen LogP contribution >= 0.6 is 0 Å². The lowest BCUT2D eigenvalue weighted by Crippen LogP contribution is -2.76. The Balaban J connectivity index is 1.71. The second kappa shape index (κ2) is 7.63. The van der Waals surface area contributed by atoms with Crippen molar-refractivity contribution in [3.8, 4) is 0 Å². The Bertz CT molecular complexity index is 1250. The first-order valence-electron chi connectivity index (χ1n) is 11.1. The first kappa shape index (κ1) is 22.0. The molecule has 4 amide bonds. The largest absolute Gasteiger partial charge is 0.372 e. The molecule has 2 aromatic rings. The number of benzene rings is 2. The first-order valence-corrected chi connectivity index (χ1v) is 11.1. The van der Waals surface area contributed by atoms with Crippen molar-refractivity contribution in [1.29, 1.82) is 0 Å². The summed E-state index contributed by atoms with van der Waals surface area (Å²) in [6.45, 7) is 5.93. The molecule has 0 saturated carbocycles. The summed E-state index contributed by atoms with van der Waals surface area (Å²) in [5, 5.41) is 13.8. The van der Waals surface area contributed by atoms with Crippen LogP contribution in [0.2, 0.25) is 0 Å². The minimum absolute atomic E-state index is 0.0898. The van der Waals surface area contributed by atoms with Gasteiger partial charge in [-0.05, 0) is 50.1 Å². The normalized spacial score (nSPS) is 28.4. The Morgan fingerprint density at radius 3 is 2.62 bits per heavy atom. The van der Waals surface area contributed by atoms with E-state index < -0.39 is 40.3 Å². The number of nitrogens with zero attached hydrogens (tertiary/aromatic N) is 3. The summed E-state index contributed by atoms with van der Waals surface area (Å²) in [5.74, 6) is -1.38. The van der Waals surface area contributed by atoms with E-state index in [0.717, 1.165) is 16.2 Å². The van der Waals surface area contributed by atoms with E-state index in [4.69, 9.17) is 4.74 Å². The quantitative estimate of drug-likeness (QED) is 0.412. The summed E-state index contributed by atoms with van der Waals surface area (Å²) in [7, 11) is 0. The number of ether oxygens (including phenoxy) is 1. The summed E-state index contributed by atoms with van der Waals surface area (Å²) in [4.78, 5) is 54.5. The van der Waals surface area contributed by atoms with Gasteiger partial charge in [-0.15, -0.1) is 0 Å². The third kappa shape index (κ3) is 3.09. The van der Waals surface area contributed by atoms with Crippen molar-refractivity contribution in [2.75, 3.05) is 16.3 Å². The minimum atomic E-state index is -1.71. The molecule has 2 fully saturated rings. The zero-order chi connectivity index (χ0) is 24.4. The molecule has 4 atom stereocenters. The van der Waals surface area contributed by atoms with Crippen LogP contribution in [0.1, 0.15) is 25.0 Å². The van der Waals surface area contributed by atoms with E-state index in [1.54, 1.807) is 31.2 Å². The number of fused-ring (bicyclic) bond motifs is 4. The Hall–Kier alpha value is -3.79. The van der Waals surface area contributed by atoms with E-state index in [-0.39, 0.29) is 18.2 Å². The second-order valence-electron chi connectivity index (χ2n) is 9.21. The van der Waals surface area contributed by atoms with E-state index in [9.17, 15) is 24.5 Å². The number of hydrogen-bond acceptors (Lipinski definition) is 7. The number of barbiturate groups is 1. The van der Waals surface area contributed by atoms with Gasteiger partial charge in [0.1, 0.15) is 0 Å². The monoisotopic (exact) mass is 464 g/mol. The maximum atomic E-state index is 14.2. The second-order valence-corrected chi connectivity index (χ2v) is 9.21. The third-order valence-corrected chi connectivity index (χ3v) is 6.91. The Labute approximate surface area is 195 Å². The smallest absolute Gasteiger partial charge is 0.335 e. The van der Waals surface area contributed by atoms with Gasteiger partial charge >= 0.3 is 6.03 Å². The van der Waals surface area contributed by atoms with Crippen LogP contribution in [0, 0.1) is 22.5 Å². The number of aryl methyl sites for hydroxylation is 1. The van der Waals surface area contributed by atoms with Crippen LogP contribution < -0.4 is 15.1 Å². The van der Waals surface area contributed by atoms with Gasteiger partial charge in [-0.3, -0.25) is 25.0 Å². The molecule has 3 heterocycles. The fraction of sp³-hybridized carbons (Fsp3) is 0.375. The molecule has 5 rings (SSSR count). The van der Waals surface area contributed by atoms with Crippen LogP contribution in [0.15, 0.2) is 42.5 Å². The molecule has 1 N–H and O–H groups in total. The molecule has 34 heavy (non-hydrogen) atoms. The lowest BCUT2D eigenvalue weighted by molar-refractivity contribution is -0.384. The van der Waals surface area contributed by atoms with E-state index in [0.29, 0.717) is 17.8 Å². The molecule has 3 aliphatic heterocycles. The standard InChI is InChI=1S/C24H24N4O6/c1-13-5-4-6-17(9-13)27-22(30)24(21(29)25-23(27)31)11-16-10-18(28(32)33)7-8-19(16)26-12-14(2)34-15(3)20(24)26/h4-10,14-15,20H,11-12H2,1-3H3,(H,25,29,31)/t14-,15+,20-,24-/m1/s1. The fourth-order valence-corrected chi connectivity index (χ4v) is 5.63. The van der Waals surface area contributed by atoms with Gasteiger partial charge in [-0.1, -0.05) is 12.1 Å². The molecule has 3 aliphatic rings. The average molecular weight is 464 g/mol. The van der Waals surface area contributed by atoms with E-state index in [2.05, 4.69) is 5.32 Å². The average Bonchev–Trinajstić information content (AvgIpc) is 2.77. The number of anilines is 2. The number of hydrogen-bond donors (Lipinski definition) is 1. The molecule has 0 radical (unpaired) electrons. The summed E-state index contributed by atoms with van der Waals surface area (Å²) < 4.78 is 6.06. The number of nitro groups is 1.